The van der Waals surface area contributed by atoms with Crippen molar-refractivity contribution in [2.45, 2.75) is 13.3 Å². The highest BCUT2D eigenvalue weighted by Gasteiger charge is 2.01. The summed E-state index contributed by atoms with van der Waals surface area (Å²) in [7, 11) is 0. The van der Waals surface area contributed by atoms with Gasteiger partial charge in [0.25, 0.3) is 0 Å². The Bertz CT molecular complexity index is 443. The van der Waals surface area contributed by atoms with Gasteiger partial charge in [-0.15, -0.1) is 0 Å². The molecule has 0 fully saturated rings. The lowest BCUT2D eigenvalue weighted by molar-refractivity contribution is -0.116. The van der Waals surface area contributed by atoms with Crippen molar-refractivity contribution in [3.8, 4) is 11.4 Å². The molecule has 0 saturated carbocycles. The van der Waals surface area contributed by atoms with Crippen molar-refractivity contribution in [2.75, 3.05) is 0 Å². The minimum atomic E-state index is 0.181. The highest BCUT2D eigenvalue weighted by atomic mass is 16.1. The number of Topliss-reactive ketones (excluding diaryl/α,β-unsaturated/α-hetero) is 1. The quantitative estimate of drug-likeness (QED) is 0.825. The van der Waals surface area contributed by atoms with E-state index >= 15 is 0 Å². The van der Waals surface area contributed by atoms with Gasteiger partial charge in [0.1, 0.15) is 11.6 Å². The van der Waals surface area contributed by atoms with Gasteiger partial charge >= 0.3 is 0 Å². The number of hydrogen-bond acceptors (Lipinski definition) is 2. The summed E-state index contributed by atoms with van der Waals surface area (Å²) in [5.41, 5.74) is 2.07. The lowest BCUT2D eigenvalue weighted by Crippen LogP contribution is -1.95. The molecule has 1 heterocycles. The van der Waals surface area contributed by atoms with Crippen LogP contribution in [0.1, 0.15) is 12.5 Å². The third kappa shape index (κ3) is 2.31. The van der Waals surface area contributed by atoms with E-state index in [4.69, 9.17) is 0 Å². The second kappa shape index (κ2) is 4.09. The molecule has 1 aromatic heterocycles. The molecule has 0 atom stereocenters. The number of carbonyl (C=O) groups is 1. The summed E-state index contributed by atoms with van der Waals surface area (Å²) in [4.78, 5) is 18.1. The van der Waals surface area contributed by atoms with Crippen LogP contribution in [-0.2, 0) is 11.2 Å². The fraction of sp³-hybridized carbons (Fsp3) is 0.167. The molecule has 76 valence electrons. The molecule has 1 N–H and O–H groups in total. The summed E-state index contributed by atoms with van der Waals surface area (Å²) in [5.74, 6) is 1.03. The Morgan fingerprint density at radius 2 is 2.07 bits per heavy atom. The van der Waals surface area contributed by atoms with E-state index in [2.05, 4.69) is 9.97 Å². The fourth-order valence-corrected chi connectivity index (χ4v) is 1.49. The first-order valence-electron chi connectivity index (χ1n) is 4.84. The Kier molecular flexibility index (Phi) is 2.63. The highest BCUT2D eigenvalue weighted by molar-refractivity contribution is 5.78. The second-order valence-electron chi connectivity index (χ2n) is 3.51. The van der Waals surface area contributed by atoms with Gasteiger partial charge in [-0.3, -0.25) is 4.79 Å². The number of imidazole rings is 1. The van der Waals surface area contributed by atoms with Crippen molar-refractivity contribution in [3.63, 3.8) is 0 Å². The molecule has 3 heteroatoms. The van der Waals surface area contributed by atoms with Crippen molar-refractivity contribution in [2.24, 2.45) is 0 Å². The van der Waals surface area contributed by atoms with Gasteiger partial charge in [0.05, 0.1) is 0 Å². The van der Waals surface area contributed by atoms with Crippen LogP contribution in [-0.4, -0.2) is 15.8 Å². The van der Waals surface area contributed by atoms with Crippen LogP contribution in [0, 0.1) is 0 Å². The van der Waals surface area contributed by atoms with Gasteiger partial charge in [0, 0.05) is 24.4 Å². The first-order chi connectivity index (χ1) is 7.25. The van der Waals surface area contributed by atoms with Crippen molar-refractivity contribution in [1.82, 2.24) is 9.97 Å². The molecule has 0 aliphatic carbocycles. The summed E-state index contributed by atoms with van der Waals surface area (Å²) < 4.78 is 0. The predicted octanol–water partition coefficient (Wildman–Crippen LogP) is 2.21. The molecule has 0 unspecified atom stereocenters. The SMILES string of the molecule is CC(=O)Cc1ccc(-c2ncc[nH]2)cc1. The number of carbonyl (C=O) groups excluding carboxylic acids is 1. The summed E-state index contributed by atoms with van der Waals surface area (Å²) in [6.45, 7) is 1.60. The Labute approximate surface area is 88.2 Å². The molecule has 15 heavy (non-hydrogen) atoms. The van der Waals surface area contributed by atoms with Crippen LogP contribution in [0.25, 0.3) is 11.4 Å². The smallest absolute Gasteiger partial charge is 0.137 e. The maximum absolute atomic E-state index is 10.9. The lowest BCUT2D eigenvalue weighted by Gasteiger charge is -2.00. The minimum Gasteiger partial charge on any atom is -0.345 e. The second-order valence-corrected chi connectivity index (χ2v) is 3.51. The molecule has 1 aromatic carbocycles. The number of nitrogens with one attached hydrogen (secondary N) is 1. The van der Waals surface area contributed by atoms with Gasteiger partial charge < -0.3 is 4.98 Å². The summed E-state index contributed by atoms with van der Waals surface area (Å²) in [6.07, 6.45) is 4.01. The number of rotatable bonds is 3. The number of benzene rings is 1. The predicted molar refractivity (Wildman–Crippen MR) is 58.4 cm³/mol. The summed E-state index contributed by atoms with van der Waals surface area (Å²) in [5, 5.41) is 0. The first kappa shape index (κ1) is 9.65. The zero-order chi connectivity index (χ0) is 10.7. The Morgan fingerprint density at radius 1 is 1.33 bits per heavy atom. The number of aromatic amines is 1. The molecular formula is C12H12N2O. The maximum atomic E-state index is 10.9. The topological polar surface area (TPSA) is 45.8 Å². The fourth-order valence-electron chi connectivity index (χ4n) is 1.49. The number of aromatic nitrogens is 2. The van der Waals surface area contributed by atoms with E-state index in [1.807, 2.05) is 24.3 Å². The molecule has 0 amide bonds. The molecule has 2 aromatic rings. The number of nitrogens with zero attached hydrogens (tertiary/aromatic N) is 1. The van der Waals surface area contributed by atoms with Crippen LogP contribution in [0.5, 0.6) is 0 Å². The number of H-pyrrole nitrogens is 1. The number of hydrogen-bond donors (Lipinski definition) is 1. The zero-order valence-electron chi connectivity index (χ0n) is 8.53. The standard InChI is InChI=1S/C12H12N2O/c1-9(15)8-10-2-4-11(5-3-10)12-13-6-7-14-12/h2-7H,8H2,1H3,(H,13,14). The first-order valence-corrected chi connectivity index (χ1v) is 4.84. The van der Waals surface area contributed by atoms with E-state index in [1.165, 1.54) is 0 Å². The lowest BCUT2D eigenvalue weighted by atomic mass is 10.1. The van der Waals surface area contributed by atoms with E-state index in [-0.39, 0.29) is 5.78 Å². The van der Waals surface area contributed by atoms with E-state index in [9.17, 15) is 4.79 Å². The third-order valence-electron chi connectivity index (χ3n) is 2.18. The van der Waals surface area contributed by atoms with E-state index in [0.29, 0.717) is 6.42 Å². The highest BCUT2D eigenvalue weighted by Crippen LogP contribution is 2.15. The molecule has 0 saturated heterocycles. The molecule has 0 aliphatic rings. The molecule has 2 rings (SSSR count). The van der Waals surface area contributed by atoms with Crippen LogP contribution >= 0.6 is 0 Å². The summed E-state index contributed by atoms with van der Waals surface area (Å²) in [6, 6.07) is 7.85. The van der Waals surface area contributed by atoms with Gasteiger partial charge in [-0.1, -0.05) is 24.3 Å². The summed E-state index contributed by atoms with van der Waals surface area (Å²) >= 11 is 0. The van der Waals surface area contributed by atoms with E-state index in [1.54, 1.807) is 19.3 Å². The van der Waals surface area contributed by atoms with Crippen molar-refractivity contribution in [1.29, 1.82) is 0 Å². The Hall–Kier alpha value is -1.90. The molecule has 0 aliphatic heterocycles. The molecule has 0 spiro atoms. The molecule has 0 bridgehead atoms. The van der Waals surface area contributed by atoms with E-state index < -0.39 is 0 Å². The van der Waals surface area contributed by atoms with Crippen LogP contribution in [0.3, 0.4) is 0 Å². The number of ketones is 1. The monoisotopic (exact) mass is 200 g/mol. The van der Waals surface area contributed by atoms with Gasteiger partial charge in [-0.25, -0.2) is 4.98 Å². The van der Waals surface area contributed by atoms with Gasteiger partial charge in [0.2, 0.25) is 0 Å². The van der Waals surface area contributed by atoms with Gasteiger partial charge in [-0.05, 0) is 12.5 Å². The van der Waals surface area contributed by atoms with Crippen molar-refractivity contribution in [3.05, 3.63) is 42.2 Å². The average Bonchev–Trinajstić information content (AvgIpc) is 2.71. The molecular weight excluding hydrogens is 188 g/mol. The van der Waals surface area contributed by atoms with Crippen LogP contribution in [0.4, 0.5) is 0 Å². The maximum Gasteiger partial charge on any atom is 0.137 e. The average molecular weight is 200 g/mol. The normalized spacial score (nSPS) is 10.2. The van der Waals surface area contributed by atoms with E-state index in [0.717, 1.165) is 17.0 Å². The van der Waals surface area contributed by atoms with Crippen molar-refractivity contribution >= 4 is 5.78 Å². The Morgan fingerprint density at radius 3 is 2.60 bits per heavy atom. The van der Waals surface area contributed by atoms with Gasteiger partial charge in [0.15, 0.2) is 0 Å². The molecule has 3 nitrogen and oxygen atoms in total. The van der Waals surface area contributed by atoms with Crippen LogP contribution in [0.2, 0.25) is 0 Å². The van der Waals surface area contributed by atoms with Gasteiger partial charge in [-0.2, -0.15) is 0 Å². The van der Waals surface area contributed by atoms with Crippen LogP contribution in [0.15, 0.2) is 36.7 Å². The molecule has 0 radical (unpaired) electrons. The van der Waals surface area contributed by atoms with Crippen LogP contribution < -0.4 is 0 Å². The Balaban J connectivity index is 2.21. The van der Waals surface area contributed by atoms with Crippen molar-refractivity contribution < 1.29 is 4.79 Å². The minimum absolute atomic E-state index is 0.181. The third-order valence-corrected chi connectivity index (χ3v) is 2.18. The zero-order valence-corrected chi connectivity index (χ0v) is 8.53. The largest absolute Gasteiger partial charge is 0.345 e.